The maximum Gasteiger partial charge on any atom is 0.227 e. The van der Waals surface area contributed by atoms with Gasteiger partial charge in [-0.15, -0.1) is 0 Å². The zero-order valence-corrected chi connectivity index (χ0v) is 21.8. The Hall–Kier alpha value is -3.57. The summed E-state index contributed by atoms with van der Waals surface area (Å²) in [5, 5.41) is 4.09. The summed E-state index contributed by atoms with van der Waals surface area (Å²) in [6, 6.07) is 9.41. The van der Waals surface area contributed by atoms with Crippen molar-refractivity contribution in [3.63, 3.8) is 0 Å². The van der Waals surface area contributed by atoms with E-state index in [1.165, 1.54) is 10.6 Å². The van der Waals surface area contributed by atoms with E-state index in [0.29, 0.717) is 32.4 Å². The molecule has 1 aromatic carbocycles. The molecule has 4 aromatic rings. The van der Waals surface area contributed by atoms with Gasteiger partial charge in [0, 0.05) is 31.3 Å². The number of anilines is 1. The summed E-state index contributed by atoms with van der Waals surface area (Å²) in [7, 11) is -3.31. The van der Waals surface area contributed by atoms with Crippen molar-refractivity contribution in [2.24, 2.45) is 0 Å². The summed E-state index contributed by atoms with van der Waals surface area (Å²) in [5.74, 6) is 1.53. The van der Waals surface area contributed by atoms with Crippen molar-refractivity contribution >= 4 is 32.7 Å². The maximum absolute atomic E-state index is 13.0. The summed E-state index contributed by atoms with van der Waals surface area (Å²) in [6.45, 7) is 4.62. The highest BCUT2D eigenvalue weighted by Crippen LogP contribution is 2.41. The number of carbonyl (C=O) groups excluding carboxylic acids is 1. The third-order valence-electron chi connectivity index (χ3n) is 7.43. The highest BCUT2D eigenvalue weighted by Gasteiger charge is 2.39. The van der Waals surface area contributed by atoms with Gasteiger partial charge < -0.3 is 14.0 Å². The second-order valence-electron chi connectivity index (χ2n) is 9.84. The lowest BCUT2D eigenvalue weighted by atomic mass is 10.0. The van der Waals surface area contributed by atoms with Crippen LogP contribution in [0, 0.1) is 13.8 Å². The molecule has 11 heteroatoms. The topological polar surface area (TPSA) is 114 Å². The minimum Gasteiger partial charge on any atom is -0.361 e. The zero-order chi connectivity index (χ0) is 25.9. The molecule has 0 saturated carbocycles. The highest BCUT2D eigenvalue weighted by atomic mass is 32.2. The van der Waals surface area contributed by atoms with Crippen LogP contribution in [0.3, 0.4) is 0 Å². The van der Waals surface area contributed by atoms with E-state index in [1.807, 2.05) is 44.2 Å². The van der Waals surface area contributed by atoms with E-state index in [2.05, 4.69) is 14.7 Å². The van der Waals surface area contributed by atoms with Crippen molar-refractivity contribution in [3.8, 4) is 11.1 Å². The van der Waals surface area contributed by atoms with Crippen LogP contribution in [-0.2, 0) is 14.8 Å². The number of imidazole rings is 1. The van der Waals surface area contributed by atoms with Crippen LogP contribution in [0.25, 0.3) is 22.2 Å². The van der Waals surface area contributed by atoms with Crippen molar-refractivity contribution < 1.29 is 17.7 Å². The molecule has 0 N–H and O–H groups in total. The summed E-state index contributed by atoms with van der Waals surface area (Å²) < 4.78 is 33.7. The number of pyridine rings is 1. The molecule has 3 aromatic heterocycles. The van der Waals surface area contributed by atoms with Gasteiger partial charge in [0.05, 0.1) is 47.0 Å². The van der Waals surface area contributed by atoms with Gasteiger partial charge >= 0.3 is 0 Å². The fourth-order valence-corrected chi connectivity index (χ4v) is 6.64. The molecule has 2 aliphatic heterocycles. The van der Waals surface area contributed by atoms with Crippen LogP contribution in [0.1, 0.15) is 48.6 Å². The molecule has 0 spiro atoms. The Kier molecular flexibility index (Phi) is 5.64. The lowest BCUT2D eigenvalue weighted by Crippen LogP contribution is -2.31. The van der Waals surface area contributed by atoms with Gasteiger partial charge in [-0.05, 0) is 56.5 Å². The predicted molar refractivity (Wildman–Crippen MR) is 138 cm³/mol. The molecule has 0 radical (unpaired) electrons. The number of carbonyl (C=O) groups is 1. The predicted octanol–water partition coefficient (Wildman–Crippen LogP) is 3.78. The quantitative estimate of drug-likeness (QED) is 0.393. The molecule has 2 saturated heterocycles. The number of nitrogens with zero attached hydrogens (tertiary/aromatic N) is 6. The monoisotopic (exact) mass is 520 g/mol. The normalized spacial score (nSPS) is 20.9. The van der Waals surface area contributed by atoms with Gasteiger partial charge in [0.25, 0.3) is 0 Å². The molecule has 5 heterocycles. The van der Waals surface area contributed by atoms with Crippen LogP contribution in [0.5, 0.6) is 0 Å². The fraction of sp³-hybridized carbons (Fsp3) is 0.385. The zero-order valence-electron chi connectivity index (χ0n) is 21.0. The number of aryl methyl sites for hydroxylation is 2. The van der Waals surface area contributed by atoms with Crippen molar-refractivity contribution in [3.05, 3.63) is 60.0 Å². The first-order valence-corrected chi connectivity index (χ1v) is 14.2. The van der Waals surface area contributed by atoms with Crippen molar-refractivity contribution in [2.45, 2.75) is 45.2 Å². The van der Waals surface area contributed by atoms with E-state index < -0.39 is 10.0 Å². The van der Waals surface area contributed by atoms with Crippen LogP contribution in [0.15, 0.2) is 47.2 Å². The van der Waals surface area contributed by atoms with Crippen LogP contribution < -0.4 is 4.90 Å². The molecule has 2 atom stereocenters. The summed E-state index contributed by atoms with van der Waals surface area (Å²) in [5.41, 5.74) is 5.13. The number of rotatable bonds is 5. The molecule has 192 valence electrons. The molecule has 10 nitrogen and oxygen atoms in total. The SMILES string of the molecule is Cc1noc(C)c1-c1ccc2c(c1)nc([C@@H]1CCC(=O)N1c1cccnc1)n2[C@@H]1CCN(S(C)(=O)=O)C1. The van der Waals surface area contributed by atoms with E-state index in [1.54, 1.807) is 17.3 Å². The Bertz CT molecular complexity index is 1590. The Morgan fingerprint density at radius 2 is 1.97 bits per heavy atom. The Balaban J connectivity index is 1.51. The van der Waals surface area contributed by atoms with Crippen molar-refractivity contribution in [1.29, 1.82) is 0 Å². The van der Waals surface area contributed by atoms with E-state index in [4.69, 9.17) is 9.51 Å². The van der Waals surface area contributed by atoms with Crippen LogP contribution in [-0.4, -0.2) is 57.7 Å². The first-order valence-electron chi connectivity index (χ1n) is 12.3. The van der Waals surface area contributed by atoms with Crippen molar-refractivity contribution in [2.75, 3.05) is 24.2 Å². The standard InChI is InChI=1S/C26H28N6O4S/c1-16-25(17(2)36-29-16)18-6-7-22-21(13-18)28-26(32(22)20-10-12-30(15-20)37(3,34)35)23-8-9-24(33)31(23)19-5-4-11-27-14-19/h4-7,11,13-14,20,23H,8-10,12,15H2,1-3H3/t20-,23+/m1/s1. The van der Waals surface area contributed by atoms with E-state index >= 15 is 0 Å². The van der Waals surface area contributed by atoms with Gasteiger partial charge in [-0.3, -0.25) is 9.78 Å². The van der Waals surface area contributed by atoms with E-state index in [9.17, 15) is 13.2 Å². The number of hydrogen-bond acceptors (Lipinski definition) is 7. The average Bonchev–Trinajstić information content (AvgIpc) is 3.64. The van der Waals surface area contributed by atoms with Gasteiger partial charge in [0.1, 0.15) is 11.6 Å². The lowest BCUT2D eigenvalue weighted by Gasteiger charge is -2.27. The Morgan fingerprint density at radius 1 is 1.14 bits per heavy atom. The van der Waals surface area contributed by atoms with Crippen LogP contribution in [0.4, 0.5) is 5.69 Å². The molecule has 0 unspecified atom stereocenters. The summed E-state index contributed by atoms with van der Waals surface area (Å²) in [6.07, 6.45) is 6.33. The Morgan fingerprint density at radius 3 is 2.65 bits per heavy atom. The molecular formula is C26H28N6O4S. The summed E-state index contributed by atoms with van der Waals surface area (Å²) >= 11 is 0. The lowest BCUT2D eigenvalue weighted by molar-refractivity contribution is -0.117. The second-order valence-corrected chi connectivity index (χ2v) is 11.8. The molecule has 0 bridgehead atoms. The smallest absolute Gasteiger partial charge is 0.227 e. The molecular weight excluding hydrogens is 492 g/mol. The van der Waals surface area contributed by atoms with Gasteiger partial charge in [-0.1, -0.05) is 11.2 Å². The van der Waals surface area contributed by atoms with Gasteiger partial charge in [0.15, 0.2) is 0 Å². The fourth-order valence-electron chi connectivity index (χ4n) is 5.76. The minimum atomic E-state index is -3.31. The molecule has 2 aliphatic rings. The molecule has 2 fully saturated rings. The Labute approximate surface area is 214 Å². The number of benzene rings is 1. The van der Waals surface area contributed by atoms with Gasteiger partial charge in [-0.2, -0.15) is 0 Å². The number of amides is 1. The first-order chi connectivity index (χ1) is 17.7. The first kappa shape index (κ1) is 23.8. The minimum absolute atomic E-state index is 0.0252. The summed E-state index contributed by atoms with van der Waals surface area (Å²) in [4.78, 5) is 24.1. The second kappa shape index (κ2) is 8.77. The number of fused-ring (bicyclic) bond motifs is 1. The van der Waals surface area contributed by atoms with E-state index in [-0.39, 0.29) is 18.0 Å². The average molecular weight is 521 g/mol. The van der Waals surface area contributed by atoms with Crippen LogP contribution in [0.2, 0.25) is 0 Å². The number of hydrogen-bond donors (Lipinski definition) is 0. The highest BCUT2D eigenvalue weighted by molar-refractivity contribution is 7.88. The van der Waals surface area contributed by atoms with E-state index in [0.717, 1.165) is 45.1 Å². The maximum atomic E-state index is 13.0. The molecule has 6 rings (SSSR count). The molecule has 1 amide bonds. The third-order valence-corrected chi connectivity index (χ3v) is 8.70. The molecule has 37 heavy (non-hydrogen) atoms. The van der Waals surface area contributed by atoms with Gasteiger partial charge in [0.2, 0.25) is 15.9 Å². The number of aromatic nitrogens is 4. The van der Waals surface area contributed by atoms with Crippen LogP contribution >= 0.6 is 0 Å². The largest absolute Gasteiger partial charge is 0.361 e. The molecule has 0 aliphatic carbocycles. The van der Waals surface area contributed by atoms with Crippen molar-refractivity contribution in [1.82, 2.24) is 24.0 Å². The third kappa shape index (κ3) is 4.02. The number of sulfonamides is 1. The van der Waals surface area contributed by atoms with Gasteiger partial charge in [-0.25, -0.2) is 17.7 Å².